The second-order valence-electron chi connectivity index (χ2n) is 5.37. The smallest absolute Gasteiger partial charge is 0.345 e. The van der Waals surface area contributed by atoms with E-state index in [0.717, 1.165) is 12.1 Å². The number of ether oxygens (including phenoxy) is 1. The maximum absolute atomic E-state index is 11.7. The molecular weight excluding hydrogens is 358 g/mol. The summed E-state index contributed by atoms with van der Waals surface area (Å²) in [6.07, 6.45) is 0.168. The molecule has 0 heterocycles. The highest BCUT2D eigenvalue weighted by Gasteiger charge is 2.19. The topological polar surface area (TPSA) is 142 Å². The number of nitrogens with zero attached hydrogens (tertiary/aromatic N) is 2. The van der Waals surface area contributed by atoms with Gasteiger partial charge in [-0.25, -0.2) is 4.79 Å². The van der Waals surface area contributed by atoms with E-state index in [-0.39, 0.29) is 30.6 Å². The third-order valence-corrected chi connectivity index (χ3v) is 3.48. The highest BCUT2D eigenvalue weighted by molar-refractivity contribution is 5.96. The number of benzene rings is 2. The molecule has 0 saturated carbocycles. The molecule has 0 aromatic heterocycles. The van der Waals surface area contributed by atoms with E-state index in [1.807, 2.05) is 0 Å². The van der Waals surface area contributed by atoms with Crippen molar-refractivity contribution < 1.29 is 24.2 Å². The van der Waals surface area contributed by atoms with Crippen LogP contribution in [0, 0.1) is 20.2 Å². The highest BCUT2D eigenvalue weighted by Crippen LogP contribution is 2.28. The van der Waals surface area contributed by atoms with Gasteiger partial charge in [0.25, 0.3) is 11.4 Å². The monoisotopic (exact) mass is 373 g/mol. The van der Waals surface area contributed by atoms with Gasteiger partial charge in [0.2, 0.25) is 0 Å². The van der Waals surface area contributed by atoms with Crippen LogP contribution in [0.25, 0.3) is 0 Å². The maximum atomic E-state index is 11.7. The first-order chi connectivity index (χ1) is 12.9. The molecule has 2 rings (SSSR count). The number of anilines is 1. The van der Waals surface area contributed by atoms with Gasteiger partial charge in [0, 0.05) is 19.0 Å². The van der Waals surface area contributed by atoms with E-state index in [9.17, 15) is 29.8 Å². The van der Waals surface area contributed by atoms with Crippen molar-refractivity contribution in [3.8, 4) is 0 Å². The zero-order valence-electron chi connectivity index (χ0n) is 14.0. The summed E-state index contributed by atoms with van der Waals surface area (Å²) < 4.78 is 4.70. The zero-order valence-corrected chi connectivity index (χ0v) is 14.0. The van der Waals surface area contributed by atoms with Crippen molar-refractivity contribution in [3.05, 3.63) is 74.3 Å². The van der Waals surface area contributed by atoms with Gasteiger partial charge < -0.3 is 10.1 Å². The van der Waals surface area contributed by atoms with E-state index in [2.05, 4.69) is 5.32 Å². The van der Waals surface area contributed by atoms with Crippen molar-refractivity contribution in [2.24, 2.45) is 0 Å². The zero-order chi connectivity index (χ0) is 19.8. The first kappa shape index (κ1) is 19.5. The summed E-state index contributed by atoms with van der Waals surface area (Å²) in [7, 11) is 0. The van der Waals surface area contributed by atoms with Gasteiger partial charge in [-0.15, -0.1) is 0 Å². The minimum Gasteiger partial charge on any atom is -0.389 e. The molecule has 27 heavy (non-hydrogen) atoms. The standard InChI is InChI=1S/C17H15N3O7/c21-16(27-17(22)12-5-2-1-3-6-12)7-4-10-18-14-9-8-13(19(23)24)11-15(14)20(25)26/h1-3,5-6,8-9,11,18H,4,7,10H2. The van der Waals surface area contributed by atoms with E-state index in [4.69, 9.17) is 4.74 Å². The van der Waals surface area contributed by atoms with Crippen molar-refractivity contribution in [3.63, 3.8) is 0 Å². The predicted molar refractivity (Wildman–Crippen MR) is 94.3 cm³/mol. The molecule has 0 bridgehead atoms. The molecule has 0 aliphatic carbocycles. The van der Waals surface area contributed by atoms with Crippen LogP contribution >= 0.6 is 0 Å². The van der Waals surface area contributed by atoms with Crippen LogP contribution in [0.2, 0.25) is 0 Å². The molecule has 0 radical (unpaired) electrons. The summed E-state index contributed by atoms with van der Waals surface area (Å²) in [5, 5.41) is 24.5. The third kappa shape index (κ3) is 5.59. The van der Waals surface area contributed by atoms with Crippen LogP contribution in [0.5, 0.6) is 0 Å². The minimum atomic E-state index is -0.750. The largest absolute Gasteiger partial charge is 0.389 e. The fourth-order valence-electron chi connectivity index (χ4n) is 2.18. The number of non-ortho nitro benzene ring substituents is 1. The molecular formula is C17H15N3O7. The average Bonchev–Trinajstić information content (AvgIpc) is 2.65. The first-order valence-corrected chi connectivity index (χ1v) is 7.85. The third-order valence-electron chi connectivity index (χ3n) is 3.48. The van der Waals surface area contributed by atoms with Crippen molar-refractivity contribution in [1.82, 2.24) is 0 Å². The Morgan fingerprint density at radius 2 is 1.70 bits per heavy atom. The molecule has 0 fully saturated rings. The van der Waals surface area contributed by atoms with E-state index >= 15 is 0 Å². The lowest BCUT2D eigenvalue weighted by Gasteiger charge is -2.07. The van der Waals surface area contributed by atoms with Gasteiger partial charge in [-0.2, -0.15) is 0 Å². The van der Waals surface area contributed by atoms with Crippen LogP contribution < -0.4 is 5.32 Å². The Morgan fingerprint density at radius 3 is 2.33 bits per heavy atom. The van der Waals surface area contributed by atoms with Crippen LogP contribution in [0.4, 0.5) is 17.1 Å². The highest BCUT2D eigenvalue weighted by atomic mass is 16.6. The van der Waals surface area contributed by atoms with Gasteiger partial charge in [-0.05, 0) is 24.6 Å². The summed E-state index contributed by atoms with van der Waals surface area (Å²) >= 11 is 0. The second-order valence-corrected chi connectivity index (χ2v) is 5.37. The van der Waals surface area contributed by atoms with Gasteiger partial charge in [-0.3, -0.25) is 25.0 Å². The molecule has 0 aliphatic heterocycles. The Kier molecular flexibility index (Phi) is 6.53. The molecule has 0 unspecified atom stereocenters. The van der Waals surface area contributed by atoms with Crippen LogP contribution in [0.3, 0.4) is 0 Å². The Hall–Kier alpha value is -3.82. The SMILES string of the molecule is O=C(CCCNc1ccc([N+](=O)[O-])cc1[N+](=O)[O-])OC(=O)c1ccccc1. The molecule has 0 saturated heterocycles. The summed E-state index contributed by atoms with van der Waals surface area (Å²) in [6.45, 7) is 0.174. The van der Waals surface area contributed by atoms with Crippen LogP contribution in [0.15, 0.2) is 48.5 Å². The fourth-order valence-corrected chi connectivity index (χ4v) is 2.18. The Balaban J connectivity index is 1.84. The van der Waals surface area contributed by atoms with Crippen molar-refractivity contribution in [2.75, 3.05) is 11.9 Å². The number of nitro groups is 2. The average molecular weight is 373 g/mol. The Bertz CT molecular complexity index is 868. The second kappa shape index (κ2) is 9.04. The number of nitro benzene ring substituents is 2. The molecule has 0 aliphatic rings. The lowest BCUT2D eigenvalue weighted by atomic mass is 10.2. The predicted octanol–water partition coefficient (Wildman–Crippen LogP) is 3.08. The minimum absolute atomic E-state index is 0.0770. The summed E-state index contributed by atoms with van der Waals surface area (Å²) in [6, 6.07) is 11.3. The number of carbonyl (C=O) groups is 2. The van der Waals surface area contributed by atoms with Crippen LogP contribution in [-0.4, -0.2) is 28.3 Å². The van der Waals surface area contributed by atoms with E-state index < -0.39 is 33.2 Å². The van der Waals surface area contributed by atoms with Crippen molar-refractivity contribution in [2.45, 2.75) is 12.8 Å². The first-order valence-electron chi connectivity index (χ1n) is 7.85. The molecule has 10 heteroatoms. The molecule has 0 spiro atoms. The van der Waals surface area contributed by atoms with Crippen LogP contribution in [0.1, 0.15) is 23.2 Å². The van der Waals surface area contributed by atoms with Crippen molar-refractivity contribution in [1.29, 1.82) is 0 Å². The van der Waals surface area contributed by atoms with Crippen LogP contribution in [-0.2, 0) is 9.53 Å². The molecule has 1 N–H and O–H groups in total. The summed E-state index contributed by atoms with van der Waals surface area (Å²) in [5.41, 5.74) is -0.480. The maximum Gasteiger partial charge on any atom is 0.345 e. The molecule has 140 valence electrons. The van der Waals surface area contributed by atoms with E-state index in [1.165, 1.54) is 18.2 Å². The molecule has 0 amide bonds. The Morgan fingerprint density at radius 1 is 1.00 bits per heavy atom. The number of carbonyl (C=O) groups excluding carboxylic acids is 2. The molecule has 0 atom stereocenters. The number of esters is 2. The number of hydrogen-bond acceptors (Lipinski definition) is 8. The van der Waals surface area contributed by atoms with Gasteiger partial charge in [-0.1, -0.05) is 18.2 Å². The van der Waals surface area contributed by atoms with Gasteiger partial charge in [0.05, 0.1) is 21.5 Å². The van der Waals surface area contributed by atoms with Gasteiger partial charge in [0.1, 0.15) is 5.69 Å². The quantitative estimate of drug-likeness (QED) is 0.244. The number of nitrogens with one attached hydrogen (secondary N) is 1. The Labute approximate surface area is 153 Å². The van der Waals surface area contributed by atoms with E-state index in [0.29, 0.717) is 0 Å². The van der Waals surface area contributed by atoms with Gasteiger partial charge in [0.15, 0.2) is 0 Å². The van der Waals surface area contributed by atoms with Crippen molar-refractivity contribution >= 4 is 29.0 Å². The lowest BCUT2D eigenvalue weighted by molar-refractivity contribution is -0.393. The summed E-state index contributed by atoms with van der Waals surface area (Å²) in [4.78, 5) is 43.7. The fraction of sp³-hybridized carbons (Fsp3) is 0.176. The van der Waals surface area contributed by atoms with E-state index in [1.54, 1.807) is 18.2 Å². The van der Waals surface area contributed by atoms with Gasteiger partial charge >= 0.3 is 11.9 Å². The molecule has 2 aromatic rings. The molecule has 2 aromatic carbocycles. The normalized spacial score (nSPS) is 10.1. The number of hydrogen-bond donors (Lipinski definition) is 1. The molecule has 10 nitrogen and oxygen atoms in total. The lowest BCUT2D eigenvalue weighted by Crippen LogP contribution is -2.14. The number of rotatable bonds is 8. The summed E-state index contributed by atoms with van der Waals surface area (Å²) in [5.74, 6) is -1.47.